The average molecular weight is 1360 g/mol. The maximum atomic E-state index is 13.5. The first-order valence-corrected chi connectivity index (χ1v) is 47.9. The van der Waals surface area contributed by atoms with Crippen LogP contribution in [-0.4, -0.2) is 173 Å². The molecule has 1 heterocycles. The van der Waals surface area contributed by atoms with E-state index < -0.39 is 16.6 Å². The van der Waals surface area contributed by atoms with Crippen LogP contribution in [0.5, 0.6) is 0 Å². The zero-order valence-electron chi connectivity index (χ0n) is 63.5. The molecule has 4 unspecified atom stereocenters. The van der Waals surface area contributed by atoms with E-state index in [1.807, 2.05) is 21.6 Å². The fourth-order valence-corrected chi connectivity index (χ4v) is 17.5. The predicted octanol–water partition coefficient (Wildman–Crippen LogP) is 21.7. The molecule has 544 valence electrons. The maximum Gasteiger partial charge on any atom is 0.305 e. The van der Waals surface area contributed by atoms with Gasteiger partial charge in [-0.05, 0) is 107 Å². The Morgan fingerprint density at radius 3 is 1.11 bits per heavy atom. The Balaban J connectivity index is 2.72. The number of nitrogens with zero attached hydrogens (tertiary/aromatic N) is 4. The summed E-state index contributed by atoms with van der Waals surface area (Å²) in [4.78, 5) is 23.6. The number of rotatable bonds is 65. The molecule has 0 aliphatic carbocycles. The Morgan fingerprint density at radius 2 is 0.736 bits per heavy atom. The first-order valence-electron chi connectivity index (χ1n) is 39.6. The summed E-state index contributed by atoms with van der Waals surface area (Å²) in [6.07, 6.45) is 50.2. The van der Waals surface area contributed by atoms with Crippen molar-refractivity contribution in [2.75, 3.05) is 96.6 Å². The number of aliphatic hydroxyl groups is 2. The van der Waals surface area contributed by atoms with Gasteiger partial charge in [-0.25, -0.2) is 0 Å². The normalized spacial score (nSPS) is 15.5. The summed E-state index contributed by atoms with van der Waals surface area (Å²) in [5.74, 6) is 2.24. The summed E-state index contributed by atoms with van der Waals surface area (Å²) in [5, 5.41) is 22.4. The van der Waals surface area contributed by atoms with Crippen LogP contribution in [-0.2, 0) is 18.4 Å². The Bertz CT molecular complexity index is 1540. The van der Waals surface area contributed by atoms with Crippen molar-refractivity contribution in [2.24, 2.45) is 0 Å². The molecule has 1 rings (SSSR count). The number of unbranched alkanes of at least 4 members (excludes halogenated alkanes) is 29. The standard InChI is InChI=1S/C77H160N4O6S2Si2/c1-15-19-23-27-31-35-39-43-51-71(82)67-80(68-72(83)52-44-40-36-32-28-24-20-16-2)58-50-66-89-88-65-48-47-56-78-59-61-79(62-60-78)63-64-85-75(84)55-49-57-81(69-73(86-90(11,12)76(5,6)7)53-45-41-37-33-29-25-21-17-3)70-74(87-91(13,14)77(8,9)10)54-46-42-38-34-30-26-22-18-4/h71-74,82-83H,15-70H2,1-14H3. The minimum Gasteiger partial charge on any atom is -0.464 e. The Hall–Kier alpha value is 0.284. The fraction of sp³-hybridized carbons (Fsp3) is 0.987. The number of ether oxygens (including phenoxy) is 1. The zero-order chi connectivity index (χ0) is 67.3. The second-order valence-electron chi connectivity index (χ2n) is 31.6. The molecule has 14 heteroatoms. The highest BCUT2D eigenvalue weighted by Crippen LogP contribution is 2.40. The second-order valence-corrected chi connectivity index (χ2v) is 43.8. The molecule has 4 atom stereocenters. The van der Waals surface area contributed by atoms with Crippen molar-refractivity contribution in [1.29, 1.82) is 0 Å². The highest BCUT2D eigenvalue weighted by atomic mass is 33.1. The summed E-state index contributed by atoms with van der Waals surface area (Å²) < 4.78 is 20.7. The molecule has 91 heavy (non-hydrogen) atoms. The quantitative estimate of drug-likeness (QED) is 0.0263. The Morgan fingerprint density at radius 1 is 0.418 bits per heavy atom. The van der Waals surface area contributed by atoms with Crippen LogP contribution in [0.2, 0.25) is 36.3 Å². The summed E-state index contributed by atoms with van der Waals surface area (Å²) in [6, 6.07) is 0. The lowest BCUT2D eigenvalue weighted by Crippen LogP contribution is -2.50. The van der Waals surface area contributed by atoms with Crippen molar-refractivity contribution in [3.63, 3.8) is 0 Å². The monoisotopic (exact) mass is 1360 g/mol. The van der Waals surface area contributed by atoms with Gasteiger partial charge in [0.25, 0.3) is 0 Å². The lowest BCUT2D eigenvalue weighted by Gasteiger charge is -2.42. The number of aliphatic hydroxyl groups excluding tert-OH is 2. The molecule has 1 fully saturated rings. The van der Waals surface area contributed by atoms with Gasteiger partial charge in [0, 0.05) is 76.8 Å². The number of hydrogen-bond donors (Lipinski definition) is 2. The van der Waals surface area contributed by atoms with E-state index in [0.717, 1.165) is 123 Å². The summed E-state index contributed by atoms with van der Waals surface area (Å²) in [7, 11) is -0.0397. The van der Waals surface area contributed by atoms with Crippen LogP contribution in [0.25, 0.3) is 0 Å². The van der Waals surface area contributed by atoms with Gasteiger partial charge in [0.15, 0.2) is 16.6 Å². The molecule has 0 aromatic carbocycles. The third kappa shape index (κ3) is 50.3. The summed E-state index contributed by atoms with van der Waals surface area (Å²) in [6.45, 7) is 44.8. The van der Waals surface area contributed by atoms with E-state index >= 15 is 0 Å². The lowest BCUT2D eigenvalue weighted by molar-refractivity contribution is -0.144. The second kappa shape index (κ2) is 57.1. The van der Waals surface area contributed by atoms with Crippen molar-refractivity contribution >= 4 is 44.2 Å². The molecule has 0 aromatic heterocycles. The largest absolute Gasteiger partial charge is 0.464 e. The number of carbonyl (C=O) groups excluding carboxylic acids is 1. The zero-order valence-corrected chi connectivity index (χ0v) is 67.2. The summed E-state index contributed by atoms with van der Waals surface area (Å²) >= 11 is 0. The minimum atomic E-state index is -2.03. The van der Waals surface area contributed by atoms with Crippen LogP contribution in [0.3, 0.4) is 0 Å². The van der Waals surface area contributed by atoms with Crippen molar-refractivity contribution in [2.45, 2.75) is 393 Å². The third-order valence-electron chi connectivity index (χ3n) is 20.7. The fourth-order valence-electron chi connectivity index (χ4n) is 12.5. The van der Waals surface area contributed by atoms with E-state index in [0.29, 0.717) is 26.1 Å². The van der Waals surface area contributed by atoms with Crippen molar-refractivity contribution in [3.8, 4) is 0 Å². The maximum absolute atomic E-state index is 13.5. The molecule has 10 nitrogen and oxygen atoms in total. The molecule has 1 aliphatic rings. The lowest BCUT2D eigenvalue weighted by atomic mass is 10.0. The molecule has 0 amide bonds. The van der Waals surface area contributed by atoms with Gasteiger partial charge >= 0.3 is 5.97 Å². The molecule has 0 spiro atoms. The average Bonchev–Trinajstić information content (AvgIpc) is 1.23. The van der Waals surface area contributed by atoms with Crippen LogP contribution in [0.1, 0.15) is 332 Å². The van der Waals surface area contributed by atoms with E-state index in [4.69, 9.17) is 13.6 Å². The molecule has 2 N–H and O–H groups in total. The summed E-state index contributed by atoms with van der Waals surface area (Å²) in [5.41, 5.74) is 0. The smallest absolute Gasteiger partial charge is 0.305 e. The Labute approximate surface area is 578 Å². The van der Waals surface area contributed by atoms with Crippen molar-refractivity contribution in [3.05, 3.63) is 0 Å². The highest BCUT2D eigenvalue weighted by Gasteiger charge is 2.41. The van der Waals surface area contributed by atoms with E-state index in [1.165, 1.54) is 211 Å². The minimum absolute atomic E-state index is 0.0588. The van der Waals surface area contributed by atoms with Crippen LogP contribution < -0.4 is 0 Å². The van der Waals surface area contributed by atoms with Crippen LogP contribution in [0.15, 0.2) is 0 Å². The van der Waals surface area contributed by atoms with Gasteiger partial charge in [0.1, 0.15) is 6.61 Å². The number of carbonyl (C=O) groups is 1. The van der Waals surface area contributed by atoms with E-state index in [1.54, 1.807) is 0 Å². The first kappa shape index (κ1) is 89.3. The molecule has 0 aromatic rings. The van der Waals surface area contributed by atoms with Crippen LogP contribution in [0.4, 0.5) is 0 Å². The van der Waals surface area contributed by atoms with E-state index in [2.05, 4.69) is 115 Å². The predicted molar refractivity (Wildman–Crippen MR) is 410 cm³/mol. The Kier molecular flexibility index (Phi) is 56.0. The van der Waals surface area contributed by atoms with Gasteiger partial charge in [0.05, 0.1) is 24.4 Å². The SMILES string of the molecule is CCCCCCCCCCC(O)CN(CCCSSCCCCN1CCN(CCOC(=O)CCCN(CC(CCCCCCCCCC)O[Si](C)(C)C(C)(C)C)CC(CCCCCCCCCC)O[Si](C)(C)C(C)(C)C)CC1)CC(O)CCCCCCCCCC. The van der Waals surface area contributed by atoms with Gasteiger partial charge in [-0.1, -0.05) is 296 Å². The van der Waals surface area contributed by atoms with Gasteiger partial charge < -0.3 is 28.7 Å². The van der Waals surface area contributed by atoms with E-state index in [9.17, 15) is 15.0 Å². The van der Waals surface area contributed by atoms with Crippen molar-refractivity contribution in [1.82, 2.24) is 19.6 Å². The molecule has 0 saturated carbocycles. The first-order chi connectivity index (χ1) is 43.6. The third-order valence-corrected chi connectivity index (χ3v) is 32.3. The molecular weight excluding hydrogens is 1200 g/mol. The molecular formula is C77H160N4O6S2Si2. The van der Waals surface area contributed by atoms with Gasteiger partial charge in [-0.15, -0.1) is 0 Å². The highest BCUT2D eigenvalue weighted by molar-refractivity contribution is 8.76. The van der Waals surface area contributed by atoms with Gasteiger partial charge in [0.2, 0.25) is 0 Å². The van der Waals surface area contributed by atoms with Gasteiger partial charge in [-0.2, -0.15) is 0 Å². The van der Waals surface area contributed by atoms with Crippen LogP contribution >= 0.6 is 21.6 Å². The number of piperazine rings is 1. The van der Waals surface area contributed by atoms with Crippen LogP contribution in [0, 0.1) is 0 Å². The molecule has 0 bridgehead atoms. The van der Waals surface area contributed by atoms with Crippen molar-refractivity contribution < 1.29 is 28.6 Å². The molecule has 0 radical (unpaired) electrons. The van der Waals surface area contributed by atoms with E-state index in [-0.39, 0.29) is 40.5 Å². The molecule has 1 aliphatic heterocycles. The molecule has 1 saturated heterocycles. The topological polar surface area (TPSA) is 98.2 Å². The van der Waals surface area contributed by atoms with Gasteiger partial charge in [-0.3, -0.25) is 19.5 Å². The number of hydrogen-bond acceptors (Lipinski definition) is 12. The number of esters is 1.